The third-order valence-electron chi connectivity index (χ3n) is 6.85. The van der Waals surface area contributed by atoms with Crippen LogP contribution in [0.25, 0.3) is 11.0 Å². The van der Waals surface area contributed by atoms with Gasteiger partial charge in [0.2, 0.25) is 0 Å². The van der Waals surface area contributed by atoms with Crippen molar-refractivity contribution >= 4 is 16.9 Å². The number of benzene rings is 1. The molecule has 0 amide bonds. The van der Waals surface area contributed by atoms with Gasteiger partial charge < -0.3 is 15.4 Å². The van der Waals surface area contributed by atoms with Gasteiger partial charge in [-0.25, -0.2) is 14.6 Å². The number of para-hydroxylation sites is 1. The van der Waals surface area contributed by atoms with Crippen LogP contribution in [-0.4, -0.2) is 75.4 Å². The highest BCUT2D eigenvalue weighted by Gasteiger charge is 2.30. The van der Waals surface area contributed by atoms with Crippen molar-refractivity contribution in [3.05, 3.63) is 42.4 Å². The molecule has 0 unspecified atom stereocenters. The first kappa shape index (κ1) is 21.7. The molecule has 1 saturated heterocycles. The molecule has 8 heteroatoms. The molecule has 2 aliphatic rings. The molecule has 1 aliphatic heterocycles. The summed E-state index contributed by atoms with van der Waals surface area (Å²) >= 11 is 0. The molecule has 0 bridgehead atoms. The van der Waals surface area contributed by atoms with Crippen LogP contribution < -0.4 is 10.5 Å². The highest BCUT2D eigenvalue weighted by atomic mass is 16.5. The molecule has 8 nitrogen and oxygen atoms in total. The predicted octanol–water partition coefficient (Wildman–Crippen LogP) is 2.57. The van der Waals surface area contributed by atoms with E-state index in [1.807, 2.05) is 35.0 Å². The van der Waals surface area contributed by atoms with Gasteiger partial charge in [-0.3, -0.25) is 4.90 Å². The molecule has 2 fully saturated rings. The molecule has 3 heterocycles. The fourth-order valence-corrected chi connectivity index (χ4v) is 4.95. The van der Waals surface area contributed by atoms with Gasteiger partial charge in [-0.05, 0) is 50.8 Å². The molecule has 1 aliphatic carbocycles. The maximum absolute atomic E-state index is 6.21. The fraction of sp³-hybridized carbons (Fsp3) is 0.480. The van der Waals surface area contributed by atoms with Gasteiger partial charge in [0, 0.05) is 32.2 Å². The average Bonchev–Trinajstić information content (AvgIpc) is 3.23. The van der Waals surface area contributed by atoms with Gasteiger partial charge in [0.05, 0.1) is 11.4 Å². The van der Waals surface area contributed by atoms with Gasteiger partial charge in [0.1, 0.15) is 30.2 Å². The number of fused-ring (bicyclic) bond motifs is 1. The number of nitrogen functional groups attached to an aromatic ring is 1. The summed E-state index contributed by atoms with van der Waals surface area (Å²) < 4.78 is 7.73. The third-order valence-corrected chi connectivity index (χ3v) is 6.85. The monoisotopic (exact) mass is 445 g/mol. The Morgan fingerprint density at radius 1 is 1.00 bits per heavy atom. The minimum absolute atomic E-state index is 0.280. The summed E-state index contributed by atoms with van der Waals surface area (Å²) in [5.74, 6) is 7.43. The van der Waals surface area contributed by atoms with Crippen LogP contribution in [0.5, 0.6) is 5.75 Å². The number of hydrogen-bond acceptors (Lipinski definition) is 7. The van der Waals surface area contributed by atoms with Crippen LogP contribution in [0.3, 0.4) is 0 Å². The largest absolute Gasteiger partial charge is 0.481 e. The lowest BCUT2D eigenvalue weighted by Gasteiger charge is -2.41. The molecule has 2 N–H and O–H groups in total. The second-order valence-electron chi connectivity index (χ2n) is 8.96. The highest BCUT2D eigenvalue weighted by Crippen LogP contribution is 2.34. The lowest BCUT2D eigenvalue weighted by Crippen LogP contribution is -2.49. The first-order chi connectivity index (χ1) is 16.2. The molecule has 0 radical (unpaired) electrons. The molecule has 0 atom stereocenters. The summed E-state index contributed by atoms with van der Waals surface area (Å²) in [4.78, 5) is 13.8. The maximum atomic E-state index is 6.21. The van der Waals surface area contributed by atoms with Crippen LogP contribution in [0.1, 0.15) is 37.4 Å². The summed E-state index contributed by atoms with van der Waals surface area (Å²) in [6.07, 6.45) is 6.05. The van der Waals surface area contributed by atoms with Gasteiger partial charge >= 0.3 is 0 Å². The lowest BCUT2D eigenvalue weighted by molar-refractivity contribution is 0.0815. The van der Waals surface area contributed by atoms with E-state index in [0.717, 1.165) is 42.7 Å². The number of rotatable bonds is 4. The quantitative estimate of drug-likeness (QED) is 0.618. The number of likely N-dealkylation sites (N-methyl/N-ethyl adjacent to an activating group) is 1. The van der Waals surface area contributed by atoms with E-state index in [4.69, 9.17) is 15.6 Å². The minimum atomic E-state index is 0.280. The molecule has 1 aromatic carbocycles. The summed E-state index contributed by atoms with van der Waals surface area (Å²) in [6, 6.07) is 10.6. The Kier molecular flexibility index (Phi) is 6.42. The van der Waals surface area contributed by atoms with E-state index in [-0.39, 0.29) is 6.61 Å². The summed E-state index contributed by atoms with van der Waals surface area (Å²) in [5, 5.41) is 5.59. The standard InChI is InChI=1S/C25H31N7O/c1-30-13-15-31(16-14-30)19-9-11-20(12-10-19)32-25-23(24(26)27-18-28-25)22(29-32)8-5-17-33-21-6-3-2-4-7-21/h2-4,6-7,18-20H,9-17H2,1H3,(H2,26,27,28)/t19-,20-. The number of nitrogens with two attached hydrogens (primary N) is 1. The van der Waals surface area contributed by atoms with E-state index >= 15 is 0 Å². The normalized spacial score (nSPS) is 22.1. The average molecular weight is 446 g/mol. The first-order valence-corrected chi connectivity index (χ1v) is 11.8. The number of anilines is 1. The zero-order valence-electron chi connectivity index (χ0n) is 19.2. The van der Waals surface area contributed by atoms with Crippen LogP contribution in [0, 0.1) is 11.8 Å². The van der Waals surface area contributed by atoms with Crippen molar-refractivity contribution < 1.29 is 4.74 Å². The summed E-state index contributed by atoms with van der Waals surface area (Å²) in [7, 11) is 2.21. The lowest BCUT2D eigenvalue weighted by atomic mass is 9.90. The molecule has 1 saturated carbocycles. The van der Waals surface area contributed by atoms with Crippen molar-refractivity contribution in [1.29, 1.82) is 0 Å². The van der Waals surface area contributed by atoms with Gasteiger partial charge in [-0.1, -0.05) is 24.1 Å². The molecule has 2 aromatic heterocycles. The number of aromatic nitrogens is 4. The van der Waals surface area contributed by atoms with Gasteiger partial charge in [-0.2, -0.15) is 5.10 Å². The second-order valence-corrected chi connectivity index (χ2v) is 8.96. The van der Waals surface area contributed by atoms with Gasteiger partial charge in [0.15, 0.2) is 5.65 Å². The van der Waals surface area contributed by atoms with Crippen LogP contribution in [0.15, 0.2) is 36.7 Å². The first-order valence-electron chi connectivity index (χ1n) is 11.8. The molecule has 5 rings (SSSR count). The van der Waals surface area contributed by atoms with E-state index < -0.39 is 0 Å². The van der Waals surface area contributed by atoms with E-state index in [2.05, 4.69) is 38.7 Å². The zero-order valence-corrected chi connectivity index (χ0v) is 19.2. The molecule has 0 spiro atoms. The van der Waals surface area contributed by atoms with Crippen molar-refractivity contribution in [3.8, 4) is 17.6 Å². The molecular weight excluding hydrogens is 414 g/mol. The number of nitrogens with zero attached hydrogens (tertiary/aromatic N) is 6. The second kappa shape index (κ2) is 9.77. The Morgan fingerprint density at radius 2 is 1.73 bits per heavy atom. The van der Waals surface area contributed by atoms with Crippen molar-refractivity contribution in [2.24, 2.45) is 0 Å². The van der Waals surface area contributed by atoms with E-state index in [1.165, 1.54) is 32.3 Å². The number of hydrogen-bond donors (Lipinski definition) is 1. The summed E-state index contributed by atoms with van der Waals surface area (Å²) in [5.41, 5.74) is 7.61. The van der Waals surface area contributed by atoms with Crippen LogP contribution in [-0.2, 0) is 0 Å². The Morgan fingerprint density at radius 3 is 2.48 bits per heavy atom. The van der Waals surface area contributed by atoms with Crippen molar-refractivity contribution in [2.75, 3.05) is 45.6 Å². The number of piperazine rings is 1. The van der Waals surface area contributed by atoms with E-state index in [0.29, 0.717) is 23.6 Å². The van der Waals surface area contributed by atoms with Crippen molar-refractivity contribution in [2.45, 2.75) is 37.8 Å². The van der Waals surface area contributed by atoms with Crippen molar-refractivity contribution in [3.63, 3.8) is 0 Å². The van der Waals surface area contributed by atoms with Crippen molar-refractivity contribution in [1.82, 2.24) is 29.5 Å². The molecule has 172 valence electrons. The predicted molar refractivity (Wildman–Crippen MR) is 129 cm³/mol. The zero-order chi connectivity index (χ0) is 22.6. The van der Waals surface area contributed by atoms with Crippen LogP contribution in [0.2, 0.25) is 0 Å². The maximum Gasteiger partial charge on any atom is 0.164 e. The Balaban J connectivity index is 1.30. The van der Waals surface area contributed by atoms with Gasteiger partial charge in [0.25, 0.3) is 0 Å². The molecule has 3 aromatic rings. The van der Waals surface area contributed by atoms with Crippen LogP contribution in [0.4, 0.5) is 5.82 Å². The Bertz CT molecular complexity index is 1130. The fourth-order valence-electron chi connectivity index (χ4n) is 4.95. The van der Waals surface area contributed by atoms with E-state index in [9.17, 15) is 0 Å². The summed E-state index contributed by atoms with van der Waals surface area (Å²) in [6.45, 7) is 4.95. The third kappa shape index (κ3) is 4.80. The van der Waals surface area contributed by atoms with Crippen LogP contribution >= 0.6 is 0 Å². The molecule has 33 heavy (non-hydrogen) atoms. The number of ether oxygens (including phenoxy) is 1. The Labute approximate surface area is 194 Å². The SMILES string of the molecule is CN1CCN([C@H]2CC[C@H](n3nc(C#CCOc4ccccc4)c4c(N)ncnc43)CC2)CC1. The molecular formula is C25H31N7O. The highest BCUT2D eigenvalue weighted by molar-refractivity contribution is 5.90. The smallest absolute Gasteiger partial charge is 0.164 e. The van der Waals surface area contributed by atoms with Gasteiger partial charge in [-0.15, -0.1) is 0 Å². The Hall–Kier alpha value is -3.15. The topological polar surface area (TPSA) is 85.3 Å². The van der Waals surface area contributed by atoms with E-state index in [1.54, 1.807) is 0 Å². The minimum Gasteiger partial charge on any atom is -0.481 e.